The van der Waals surface area contributed by atoms with Crippen LogP contribution in [0.5, 0.6) is 0 Å². The van der Waals surface area contributed by atoms with Crippen molar-refractivity contribution in [3.05, 3.63) is 28.0 Å². The molecule has 1 heterocycles. The van der Waals surface area contributed by atoms with Gasteiger partial charge >= 0.3 is 0 Å². The number of pyridine rings is 1. The van der Waals surface area contributed by atoms with Gasteiger partial charge in [0, 0.05) is 22.4 Å². The van der Waals surface area contributed by atoms with E-state index in [1.165, 1.54) is 0 Å². The first-order chi connectivity index (χ1) is 7.87. The summed E-state index contributed by atoms with van der Waals surface area (Å²) in [6.07, 6.45) is 3.35. The Balaban J connectivity index is 2.96. The second kappa shape index (κ2) is 5.93. The molecule has 0 saturated heterocycles. The Morgan fingerprint density at radius 3 is 2.59 bits per heavy atom. The minimum Gasteiger partial charge on any atom is -0.265 e. The standard InChI is InChI=1S/C11H16BrNO3S/c1-4-17(14,15)16-7-9-5-13-6-10(12)11(9)8(2)3/h5-6,8H,4,7H2,1-3H3. The van der Waals surface area contributed by atoms with Gasteiger partial charge in [0.15, 0.2) is 0 Å². The van der Waals surface area contributed by atoms with Gasteiger partial charge in [-0.15, -0.1) is 0 Å². The number of nitrogens with zero attached hydrogens (tertiary/aromatic N) is 1. The van der Waals surface area contributed by atoms with Crippen LogP contribution >= 0.6 is 15.9 Å². The predicted octanol–water partition coefficient (Wildman–Crippen LogP) is 2.83. The van der Waals surface area contributed by atoms with E-state index >= 15 is 0 Å². The largest absolute Gasteiger partial charge is 0.267 e. The van der Waals surface area contributed by atoms with Crippen molar-refractivity contribution in [2.75, 3.05) is 5.75 Å². The first-order valence-corrected chi connectivity index (χ1v) is 7.73. The number of hydrogen-bond acceptors (Lipinski definition) is 4. The van der Waals surface area contributed by atoms with Gasteiger partial charge in [-0.2, -0.15) is 8.42 Å². The zero-order valence-electron chi connectivity index (χ0n) is 10.1. The molecule has 0 fully saturated rings. The normalized spacial score (nSPS) is 12.1. The molecule has 0 unspecified atom stereocenters. The highest BCUT2D eigenvalue weighted by atomic mass is 79.9. The van der Waals surface area contributed by atoms with Crippen LogP contribution in [0.3, 0.4) is 0 Å². The summed E-state index contributed by atoms with van der Waals surface area (Å²) in [6, 6.07) is 0. The lowest BCUT2D eigenvalue weighted by atomic mass is 10.00. The average Bonchev–Trinajstić information content (AvgIpc) is 2.26. The molecule has 0 N–H and O–H groups in total. The van der Waals surface area contributed by atoms with E-state index in [-0.39, 0.29) is 18.3 Å². The summed E-state index contributed by atoms with van der Waals surface area (Å²) >= 11 is 3.42. The van der Waals surface area contributed by atoms with Crippen LogP contribution in [0.15, 0.2) is 16.9 Å². The first kappa shape index (κ1) is 14.6. The topological polar surface area (TPSA) is 56.3 Å². The highest BCUT2D eigenvalue weighted by Crippen LogP contribution is 2.27. The van der Waals surface area contributed by atoms with Crippen molar-refractivity contribution in [1.82, 2.24) is 4.98 Å². The van der Waals surface area contributed by atoms with Crippen LogP contribution in [0.1, 0.15) is 37.8 Å². The number of hydrogen-bond donors (Lipinski definition) is 0. The van der Waals surface area contributed by atoms with Gasteiger partial charge in [0.05, 0.1) is 12.4 Å². The number of aromatic nitrogens is 1. The molecule has 0 amide bonds. The molecule has 0 saturated carbocycles. The van der Waals surface area contributed by atoms with E-state index in [4.69, 9.17) is 4.18 Å². The Bertz CT molecular complexity index is 485. The van der Waals surface area contributed by atoms with Crippen molar-refractivity contribution in [1.29, 1.82) is 0 Å². The minimum absolute atomic E-state index is 0.0224. The quantitative estimate of drug-likeness (QED) is 0.782. The van der Waals surface area contributed by atoms with Crippen LogP contribution in [0.4, 0.5) is 0 Å². The molecule has 1 aromatic rings. The van der Waals surface area contributed by atoms with Crippen LogP contribution in [0, 0.1) is 0 Å². The van der Waals surface area contributed by atoms with Crippen molar-refractivity contribution in [3.63, 3.8) is 0 Å². The molecule has 0 spiro atoms. The molecule has 4 nitrogen and oxygen atoms in total. The molecule has 0 aromatic carbocycles. The van der Waals surface area contributed by atoms with Crippen LogP contribution in [0.2, 0.25) is 0 Å². The maximum atomic E-state index is 11.3. The highest BCUT2D eigenvalue weighted by Gasteiger charge is 2.14. The van der Waals surface area contributed by atoms with E-state index in [0.717, 1.165) is 15.6 Å². The number of halogens is 1. The van der Waals surface area contributed by atoms with E-state index in [1.807, 2.05) is 13.8 Å². The molecule has 17 heavy (non-hydrogen) atoms. The second-order valence-electron chi connectivity index (χ2n) is 3.96. The van der Waals surface area contributed by atoms with Gasteiger partial charge in [-0.1, -0.05) is 13.8 Å². The van der Waals surface area contributed by atoms with E-state index < -0.39 is 10.1 Å². The molecule has 0 atom stereocenters. The third-order valence-electron chi connectivity index (χ3n) is 2.35. The first-order valence-electron chi connectivity index (χ1n) is 5.36. The van der Waals surface area contributed by atoms with Crippen molar-refractivity contribution >= 4 is 26.0 Å². The molecule has 96 valence electrons. The monoisotopic (exact) mass is 321 g/mol. The summed E-state index contributed by atoms with van der Waals surface area (Å²) in [5.41, 5.74) is 1.83. The van der Waals surface area contributed by atoms with Crippen molar-refractivity contribution in [2.45, 2.75) is 33.3 Å². The van der Waals surface area contributed by atoms with Gasteiger partial charge in [-0.3, -0.25) is 9.17 Å². The highest BCUT2D eigenvalue weighted by molar-refractivity contribution is 9.10. The Labute approximate surface area is 111 Å². The molecule has 6 heteroatoms. The SMILES string of the molecule is CCS(=O)(=O)OCc1cncc(Br)c1C(C)C. The minimum atomic E-state index is -3.42. The summed E-state index contributed by atoms with van der Waals surface area (Å²) in [4.78, 5) is 4.03. The van der Waals surface area contributed by atoms with E-state index in [2.05, 4.69) is 20.9 Å². The summed E-state index contributed by atoms with van der Waals surface area (Å²) < 4.78 is 28.4. The van der Waals surface area contributed by atoms with Crippen molar-refractivity contribution in [2.24, 2.45) is 0 Å². The Hall–Kier alpha value is -0.460. The maximum Gasteiger partial charge on any atom is 0.267 e. The summed E-state index contributed by atoms with van der Waals surface area (Å²) in [6.45, 7) is 5.67. The molecule has 0 radical (unpaired) electrons. The Morgan fingerprint density at radius 1 is 1.41 bits per heavy atom. The van der Waals surface area contributed by atoms with Crippen LogP contribution in [-0.4, -0.2) is 19.2 Å². The molecule has 1 aromatic heterocycles. The third kappa shape index (κ3) is 4.04. The van der Waals surface area contributed by atoms with Crippen molar-refractivity contribution in [3.8, 4) is 0 Å². The van der Waals surface area contributed by atoms with Gasteiger partial charge in [-0.05, 0) is 34.3 Å². The second-order valence-corrected chi connectivity index (χ2v) is 6.74. The molecular formula is C11H16BrNO3S. The van der Waals surface area contributed by atoms with Gasteiger partial charge in [0.25, 0.3) is 10.1 Å². The molecule has 0 aliphatic heterocycles. The lowest BCUT2D eigenvalue weighted by molar-refractivity contribution is 0.306. The number of rotatable bonds is 5. The predicted molar refractivity (Wildman–Crippen MR) is 70.3 cm³/mol. The average molecular weight is 322 g/mol. The summed E-state index contributed by atoms with van der Waals surface area (Å²) in [7, 11) is -3.42. The van der Waals surface area contributed by atoms with Crippen LogP contribution in [-0.2, 0) is 20.9 Å². The lowest BCUT2D eigenvalue weighted by Crippen LogP contribution is -2.10. The third-order valence-corrected chi connectivity index (χ3v) is 4.16. The summed E-state index contributed by atoms with van der Waals surface area (Å²) in [5.74, 6) is 0.251. The van der Waals surface area contributed by atoms with Crippen LogP contribution in [0.25, 0.3) is 0 Å². The van der Waals surface area contributed by atoms with E-state index in [0.29, 0.717) is 0 Å². The fraction of sp³-hybridized carbons (Fsp3) is 0.545. The molecule has 0 bridgehead atoms. The van der Waals surface area contributed by atoms with Gasteiger partial charge < -0.3 is 0 Å². The Kier molecular flexibility index (Phi) is 5.09. The fourth-order valence-corrected chi connectivity index (χ4v) is 2.79. The van der Waals surface area contributed by atoms with Gasteiger partial charge in [-0.25, -0.2) is 0 Å². The zero-order valence-corrected chi connectivity index (χ0v) is 12.5. The smallest absolute Gasteiger partial charge is 0.265 e. The molecule has 0 aliphatic carbocycles. The van der Waals surface area contributed by atoms with E-state index in [9.17, 15) is 8.42 Å². The van der Waals surface area contributed by atoms with Crippen LogP contribution < -0.4 is 0 Å². The maximum absolute atomic E-state index is 11.3. The zero-order chi connectivity index (χ0) is 13.1. The van der Waals surface area contributed by atoms with E-state index in [1.54, 1.807) is 19.3 Å². The molecular weight excluding hydrogens is 306 g/mol. The fourth-order valence-electron chi connectivity index (χ4n) is 1.48. The van der Waals surface area contributed by atoms with Gasteiger partial charge in [0.2, 0.25) is 0 Å². The Morgan fingerprint density at radius 2 is 2.06 bits per heavy atom. The lowest BCUT2D eigenvalue weighted by Gasteiger charge is -2.14. The molecule has 1 rings (SSSR count). The van der Waals surface area contributed by atoms with Gasteiger partial charge in [0.1, 0.15) is 0 Å². The van der Waals surface area contributed by atoms with Crippen molar-refractivity contribution < 1.29 is 12.6 Å². The summed E-state index contributed by atoms with van der Waals surface area (Å²) in [5, 5.41) is 0. The molecule has 0 aliphatic rings.